The van der Waals surface area contributed by atoms with Crippen LogP contribution < -0.4 is 10.1 Å². The number of hydrogen-bond donors (Lipinski definition) is 1. The van der Waals surface area contributed by atoms with Crippen LogP contribution in [0.5, 0.6) is 5.75 Å². The van der Waals surface area contributed by atoms with E-state index in [1.54, 1.807) is 7.11 Å². The zero-order chi connectivity index (χ0) is 14.5. The monoisotopic (exact) mass is 287 g/mol. The first-order chi connectivity index (χ1) is 10.4. The smallest absolute Gasteiger partial charge is 0.118 e. The summed E-state index contributed by atoms with van der Waals surface area (Å²) >= 11 is 0. The van der Waals surface area contributed by atoms with Gasteiger partial charge < -0.3 is 10.1 Å². The molecule has 1 unspecified atom stereocenters. The predicted molar refractivity (Wildman–Crippen MR) is 87.7 cm³/mol. The van der Waals surface area contributed by atoms with E-state index in [0.29, 0.717) is 6.04 Å². The minimum absolute atomic E-state index is 0.556. The molecular weight excluding hydrogens is 258 g/mol. The standard InChI is InChI=1S/C19H29NO/c1-21-18-13-11-16(12-14-18)19(15-9-10-15)20-17-7-5-3-2-4-6-8-17/h11-15,17,19-20H,2-10H2,1H3. The van der Waals surface area contributed by atoms with Crippen LogP contribution >= 0.6 is 0 Å². The molecule has 2 aliphatic rings. The minimum atomic E-state index is 0.556. The first kappa shape index (κ1) is 14.9. The van der Waals surface area contributed by atoms with Crippen LogP contribution in [0.15, 0.2) is 24.3 Å². The Bertz CT molecular complexity index is 416. The zero-order valence-electron chi connectivity index (χ0n) is 13.3. The molecule has 0 aromatic heterocycles. The molecule has 2 fully saturated rings. The summed E-state index contributed by atoms with van der Waals surface area (Å²) in [7, 11) is 1.74. The van der Waals surface area contributed by atoms with E-state index < -0.39 is 0 Å². The van der Waals surface area contributed by atoms with E-state index in [0.717, 1.165) is 17.7 Å². The first-order valence-electron chi connectivity index (χ1n) is 8.77. The third-order valence-electron chi connectivity index (χ3n) is 5.09. The normalized spacial score (nSPS) is 22.3. The van der Waals surface area contributed by atoms with Gasteiger partial charge in [-0.2, -0.15) is 0 Å². The summed E-state index contributed by atoms with van der Waals surface area (Å²) in [4.78, 5) is 0. The summed E-state index contributed by atoms with van der Waals surface area (Å²) in [5, 5.41) is 4.00. The van der Waals surface area contributed by atoms with Crippen LogP contribution in [0.4, 0.5) is 0 Å². The lowest BCUT2D eigenvalue weighted by atomic mass is 9.94. The van der Waals surface area contributed by atoms with Crippen molar-refractivity contribution in [2.45, 2.75) is 69.9 Å². The lowest BCUT2D eigenvalue weighted by molar-refractivity contribution is 0.336. The molecule has 1 aromatic rings. The van der Waals surface area contributed by atoms with Gasteiger partial charge in [0.05, 0.1) is 7.11 Å². The highest BCUT2D eigenvalue weighted by atomic mass is 16.5. The Morgan fingerprint density at radius 1 is 0.905 bits per heavy atom. The van der Waals surface area contributed by atoms with Crippen molar-refractivity contribution < 1.29 is 4.74 Å². The molecule has 2 nitrogen and oxygen atoms in total. The summed E-state index contributed by atoms with van der Waals surface area (Å²) in [6.07, 6.45) is 12.6. The van der Waals surface area contributed by atoms with Gasteiger partial charge in [0.2, 0.25) is 0 Å². The van der Waals surface area contributed by atoms with Crippen molar-refractivity contribution in [1.82, 2.24) is 5.32 Å². The van der Waals surface area contributed by atoms with Gasteiger partial charge in [0, 0.05) is 12.1 Å². The average molecular weight is 287 g/mol. The van der Waals surface area contributed by atoms with Gasteiger partial charge in [-0.3, -0.25) is 0 Å². The maximum Gasteiger partial charge on any atom is 0.118 e. The molecule has 1 aromatic carbocycles. The molecule has 2 aliphatic carbocycles. The van der Waals surface area contributed by atoms with Crippen LogP contribution in [-0.2, 0) is 0 Å². The molecule has 1 N–H and O–H groups in total. The quantitative estimate of drug-likeness (QED) is 0.836. The molecule has 0 saturated heterocycles. The fraction of sp³-hybridized carbons (Fsp3) is 0.684. The number of benzene rings is 1. The van der Waals surface area contributed by atoms with Crippen molar-refractivity contribution in [3.05, 3.63) is 29.8 Å². The Balaban J connectivity index is 1.65. The fourth-order valence-corrected chi connectivity index (χ4v) is 3.62. The summed E-state index contributed by atoms with van der Waals surface area (Å²) in [5.41, 5.74) is 1.44. The maximum atomic E-state index is 5.28. The Morgan fingerprint density at radius 3 is 2.10 bits per heavy atom. The topological polar surface area (TPSA) is 21.3 Å². The summed E-state index contributed by atoms with van der Waals surface area (Å²) < 4.78 is 5.28. The van der Waals surface area contributed by atoms with E-state index in [9.17, 15) is 0 Å². The van der Waals surface area contributed by atoms with Gasteiger partial charge in [0.25, 0.3) is 0 Å². The van der Waals surface area contributed by atoms with E-state index in [1.807, 2.05) is 0 Å². The molecule has 1 atom stereocenters. The number of methoxy groups -OCH3 is 1. The van der Waals surface area contributed by atoms with Crippen LogP contribution in [0.25, 0.3) is 0 Å². The lowest BCUT2D eigenvalue weighted by Gasteiger charge is -2.28. The molecule has 2 heteroatoms. The van der Waals surface area contributed by atoms with Crippen molar-refractivity contribution in [1.29, 1.82) is 0 Å². The molecule has 0 spiro atoms. The van der Waals surface area contributed by atoms with Gasteiger partial charge in [-0.1, -0.05) is 44.2 Å². The van der Waals surface area contributed by atoms with Crippen molar-refractivity contribution in [3.63, 3.8) is 0 Å². The third kappa shape index (κ3) is 4.23. The molecule has 0 heterocycles. The summed E-state index contributed by atoms with van der Waals surface area (Å²) in [6.45, 7) is 0. The Labute approximate surface area is 129 Å². The van der Waals surface area contributed by atoms with Gasteiger partial charge >= 0.3 is 0 Å². The molecule has 116 valence electrons. The summed E-state index contributed by atoms with van der Waals surface area (Å²) in [5.74, 6) is 1.81. The molecule has 0 radical (unpaired) electrons. The Hall–Kier alpha value is -1.02. The van der Waals surface area contributed by atoms with Gasteiger partial charge in [-0.25, -0.2) is 0 Å². The molecule has 0 amide bonds. The van der Waals surface area contributed by atoms with Crippen molar-refractivity contribution in [3.8, 4) is 5.75 Å². The number of ether oxygens (including phenoxy) is 1. The summed E-state index contributed by atoms with van der Waals surface area (Å²) in [6, 6.07) is 9.98. The number of rotatable bonds is 5. The molecule has 21 heavy (non-hydrogen) atoms. The third-order valence-corrected chi connectivity index (χ3v) is 5.09. The molecule has 0 aliphatic heterocycles. The number of nitrogens with one attached hydrogen (secondary N) is 1. The van der Waals surface area contributed by atoms with Crippen LogP contribution in [0, 0.1) is 5.92 Å². The largest absolute Gasteiger partial charge is 0.497 e. The lowest BCUT2D eigenvalue weighted by Crippen LogP contribution is -2.34. The van der Waals surface area contributed by atoms with Crippen molar-refractivity contribution in [2.24, 2.45) is 5.92 Å². The second kappa shape index (κ2) is 7.31. The number of hydrogen-bond acceptors (Lipinski definition) is 2. The minimum Gasteiger partial charge on any atom is -0.497 e. The molecular formula is C19H29NO. The van der Waals surface area contributed by atoms with E-state index in [4.69, 9.17) is 4.74 Å². The van der Waals surface area contributed by atoms with Gasteiger partial charge in [-0.15, -0.1) is 0 Å². The highest BCUT2D eigenvalue weighted by Crippen LogP contribution is 2.42. The van der Waals surface area contributed by atoms with E-state index in [-0.39, 0.29) is 0 Å². The predicted octanol–water partition coefficient (Wildman–Crippen LogP) is 4.85. The molecule has 0 bridgehead atoms. The fourth-order valence-electron chi connectivity index (χ4n) is 3.62. The van der Waals surface area contributed by atoms with Crippen molar-refractivity contribution in [2.75, 3.05) is 7.11 Å². The Kier molecular flexibility index (Phi) is 5.18. The Morgan fingerprint density at radius 2 is 1.52 bits per heavy atom. The highest BCUT2D eigenvalue weighted by Gasteiger charge is 2.33. The van der Waals surface area contributed by atoms with Gasteiger partial charge in [0.1, 0.15) is 5.75 Å². The van der Waals surface area contributed by atoms with E-state index in [2.05, 4.69) is 29.6 Å². The second-order valence-electron chi connectivity index (χ2n) is 6.80. The van der Waals surface area contributed by atoms with Gasteiger partial charge in [0.15, 0.2) is 0 Å². The maximum absolute atomic E-state index is 5.28. The molecule has 3 rings (SSSR count). The SMILES string of the molecule is COc1ccc(C(NC2CCCCCCC2)C2CC2)cc1. The molecule has 2 saturated carbocycles. The highest BCUT2D eigenvalue weighted by molar-refractivity contribution is 5.30. The average Bonchev–Trinajstić information content (AvgIpc) is 3.31. The zero-order valence-corrected chi connectivity index (χ0v) is 13.3. The van der Waals surface area contributed by atoms with Crippen LogP contribution in [0.2, 0.25) is 0 Å². The van der Waals surface area contributed by atoms with Crippen LogP contribution in [0.1, 0.15) is 69.4 Å². The van der Waals surface area contributed by atoms with Gasteiger partial charge in [-0.05, 0) is 49.3 Å². The van der Waals surface area contributed by atoms with E-state index >= 15 is 0 Å². The first-order valence-corrected chi connectivity index (χ1v) is 8.77. The van der Waals surface area contributed by atoms with Crippen LogP contribution in [0.3, 0.4) is 0 Å². The van der Waals surface area contributed by atoms with E-state index in [1.165, 1.54) is 63.4 Å². The van der Waals surface area contributed by atoms with Crippen molar-refractivity contribution >= 4 is 0 Å². The second-order valence-corrected chi connectivity index (χ2v) is 6.80. The van der Waals surface area contributed by atoms with Crippen LogP contribution in [-0.4, -0.2) is 13.2 Å².